The first-order chi connectivity index (χ1) is 15.4. The number of hydrogen-bond acceptors (Lipinski definition) is 9. The third-order valence-corrected chi connectivity index (χ3v) is 7.84. The summed E-state index contributed by atoms with van der Waals surface area (Å²) in [4.78, 5) is 27.7. The van der Waals surface area contributed by atoms with Crippen molar-refractivity contribution in [1.29, 1.82) is 0 Å². The van der Waals surface area contributed by atoms with Gasteiger partial charge in [-0.05, 0) is 55.9 Å². The SMILES string of the molecule is CCOC(=O)C1=C(C)N(c2ccccc2)C2(SC(C(=O)OC)=NN2c2cccc(Cl)c2)S1. The van der Waals surface area contributed by atoms with E-state index in [1.165, 1.54) is 30.6 Å². The maximum atomic E-state index is 12.8. The summed E-state index contributed by atoms with van der Waals surface area (Å²) >= 11 is 8.75. The van der Waals surface area contributed by atoms with Crippen LogP contribution in [-0.4, -0.2) is 35.0 Å². The number of rotatable bonds is 5. The van der Waals surface area contributed by atoms with Crippen molar-refractivity contribution in [1.82, 2.24) is 0 Å². The van der Waals surface area contributed by atoms with Crippen LogP contribution in [-0.2, 0) is 19.1 Å². The molecule has 0 aromatic heterocycles. The fourth-order valence-corrected chi connectivity index (χ4v) is 6.59. The number of para-hydroxylation sites is 1. The third kappa shape index (κ3) is 3.85. The van der Waals surface area contributed by atoms with Gasteiger partial charge < -0.3 is 14.4 Å². The summed E-state index contributed by atoms with van der Waals surface area (Å²) in [6.07, 6.45) is 0. The number of ether oxygens (including phenoxy) is 2. The minimum Gasteiger partial charge on any atom is -0.464 e. The molecule has 166 valence electrons. The molecule has 4 rings (SSSR count). The topological polar surface area (TPSA) is 71.4 Å². The number of benzene rings is 2. The molecular weight excluding hydrogens is 470 g/mol. The van der Waals surface area contributed by atoms with E-state index in [1.54, 1.807) is 30.1 Å². The van der Waals surface area contributed by atoms with E-state index in [4.69, 9.17) is 21.1 Å². The highest BCUT2D eigenvalue weighted by atomic mass is 35.5. The van der Waals surface area contributed by atoms with Gasteiger partial charge in [0.05, 0.1) is 19.4 Å². The molecule has 0 saturated carbocycles. The number of hydrazone groups is 1. The lowest BCUT2D eigenvalue weighted by Gasteiger charge is -2.41. The molecule has 0 radical (unpaired) electrons. The molecule has 2 heterocycles. The van der Waals surface area contributed by atoms with Crippen molar-refractivity contribution in [3.63, 3.8) is 0 Å². The van der Waals surface area contributed by atoms with E-state index < -0.39 is 16.3 Å². The highest BCUT2D eigenvalue weighted by Crippen LogP contribution is 2.60. The van der Waals surface area contributed by atoms with Crippen molar-refractivity contribution < 1.29 is 19.1 Å². The Morgan fingerprint density at radius 3 is 2.44 bits per heavy atom. The predicted octanol–water partition coefficient (Wildman–Crippen LogP) is 5.04. The lowest BCUT2D eigenvalue weighted by molar-refractivity contribution is -0.137. The van der Waals surface area contributed by atoms with Crippen LogP contribution in [0.3, 0.4) is 0 Å². The van der Waals surface area contributed by atoms with Gasteiger partial charge >= 0.3 is 11.9 Å². The van der Waals surface area contributed by atoms with E-state index in [2.05, 4.69) is 5.10 Å². The summed E-state index contributed by atoms with van der Waals surface area (Å²) in [5.41, 5.74) is 2.19. The van der Waals surface area contributed by atoms with Crippen LogP contribution >= 0.6 is 35.1 Å². The lowest BCUT2D eigenvalue weighted by Crippen LogP contribution is -2.49. The number of esters is 2. The number of nitrogens with zero attached hydrogens (tertiary/aromatic N) is 3. The summed E-state index contributed by atoms with van der Waals surface area (Å²) in [7, 11) is 1.31. The molecule has 0 fully saturated rings. The Morgan fingerprint density at radius 2 is 1.78 bits per heavy atom. The number of methoxy groups -OCH3 is 1. The van der Waals surface area contributed by atoms with Gasteiger partial charge in [0.1, 0.15) is 4.91 Å². The molecule has 1 unspecified atom stereocenters. The second-order valence-electron chi connectivity index (χ2n) is 6.75. The molecule has 10 heteroatoms. The van der Waals surface area contributed by atoms with Crippen LogP contribution in [0.25, 0.3) is 0 Å². The van der Waals surface area contributed by atoms with Gasteiger partial charge in [-0.3, -0.25) is 0 Å². The van der Waals surface area contributed by atoms with Crippen molar-refractivity contribution in [2.75, 3.05) is 23.6 Å². The molecule has 7 nitrogen and oxygen atoms in total. The first kappa shape index (κ1) is 22.6. The summed E-state index contributed by atoms with van der Waals surface area (Å²) in [6.45, 7) is 3.87. The van der Waals surface area contributed by atoms with Crippen molar-refractivity contribution in [3.05, 3.63) is 70.2 Å². The van der Waals surface area contributed by atoms with Gasteiger partial charge in [0.2, 0.25) is 9.37 Å². The molecule has 2 aromatic rings. The molecule has 32 heavy (non-hydrogen) atoms. The third-order valence-electron chi connectivity index (χ3n) is 4.76. The van der Waals surface area contributed by atoms with Gasteiger partial charge in [-0.1, -0.05) is 47.6 Å². The largest absolute Gasteiger partial charge is 0.464 e. The van der Waals surface area contributed by atoms with E-state index in [1.807, 2.05) is 48.2 Å². The van der Waals surface area contributed by atoms with Gasteiger partial charge in [-0.2, -0.15) is 5.10 Å². The number of allylic oxidation sites excluding steroid dienone is 1. The predicted molar refractivity (Wildman–Crippen MR) is 130 cm³/mol. The van der Waals surface area contributed by atoms with Crippen LogP contribution in [0.4, 0.5) is 11.4 Å². The Kier molecular flexibility index (Phi) is 6.41. The standard InChI is InChI=1S/C22H20ClN3O4S2/c1-4-30-20(27)18-14(2)25(16-10-6-5-7-11-16)22(31-18)26(17-12-8-9-15(23)13-17)24-19(32-22)21(28)29-3/h5-13H,4H2,1-3H3. The molecule has 1 spiro atoms. The van der Waals surface area contributed by atoms with Crippen LogP contribution in [0.1, 0.15) is 13.8 Å². The summed E-state index contributed by atoms with van der Waals surface area (Å²) in [6, 6.07) is 16.8. The van der Waals surface area contributed by atoms with Crippen LogP contribution in [0.15, 0.2) is 70.3 Å². The van der Waals surface area contributed by atoms with Gasteiger partial charge in [0.25, 0.3) is 0 Å². The first-order valence-corrected chi connectivity index (χ1v) is 11.8. The molecule has 2 aliphatic heterocycles. The summed E-state index contributed by atoms with van der Waals surface area (Å²) < 4.78 is 9.23. The summed E-state index contributed by atoms with van der Waals surface area (Å²) in [5.74, 6) is -0.985. The number of carbonyl (C=O) groups is 2. The minimum absolute atomic E-state index is 0.166. The van der Waals surface area contributed by atoms with Crippen molar-refractivity contribution >= 4 is 63.5 Å². The van der Waals surface area contributed by atoms with Crippen LogP contribution in [0.5, 0.6) is 0 Å². The molecule has 0 N–H and O–H groups in total. The van der Waals surface area contributed by atoms with Gasteiger partial charge in [0, 0.05) is 16.4 Å². The Morgan fingerprint density at radius 1 is 1.06 bits per heavy atom. The second-order valence-corrected chi connectivity index (χ2v) is 9.78. The van der Waals surface area contributed by atoms with E-state index >= 15 is 0 Å². The number of hydrogen-bond donors (Lipinski definition) is 0. The van der Waals surface area contributed by atoms with Crippen LogP contribution in [0, 0.1) is 0 Å². The fraction of sp³-hybridized carbons (Fsp3) is 0.227. The van der Waals surface area contributed by atoms with E-state index in [0.717, 1.165) is 5.69 Å². The van der Waals surface area contributed by atoms with Crippen LogP contribution < -0.4 is 9.91 Å². The number of halogens is 1. The molecule has 0 amide bonds. The zero-order valence-corrected chi connectivity index (χ0v) is 20.0. The monoisotopic (exact) mass is 489 g/mol. The second kappa shape index (κ2) is 9.09. The normalized spacial score (nSPS) is 20.1. The van der Waals surface area contributed by atoms with E-state index in [0.29, 0.717) is 21.3 Å². The molecule has 2 aromatic carbocycles. The average Bonchev–Trinajstić information content (AvgIpc) is 3.31. The number of carbonyl (C=O) groups excluding carboxylic acids is 2. The molecule has 1 atom stereocenters. The van der Waals surface area contributed by atoms with Crippen molar-refractivity contribution in [2.24, 2.45) is 5.10 Å². The zero-order chi connectivity index (χ0) is 22.9. The van der Waals surface area contributed by atoms with E-state index in [-0.39, 0.29) is 11.7 Å². The quantitative estimate of drug-likeness (QED) is 0.541. The zero-order valence-electron chi connectivity index (χ0n) is 17.6. The van der Waals surface area contributed by atoms with Gasteiger partial charge in [-0.25, -0.2) is 14.6 Å². The highest BCUT2D eigenvalue weighted by Gasteiger charge is 2.58. The molecule has 0 saturated heterocycles. The Labute approximate surface area is 199 Å². The molecular formula is C22H20ClN3O4S2. The van der Waals surface area contributed by atoms with E-state index in [9.17, 15) is 9.59 Å². The average molecular weight is 490 g/mol. The Hall–Kier alpha value is -2.62. The maximum Gasteiger partial charge on any atom is 0.365 e. The summed E-state index contributed by atoms with van der Waals surface area (Å²) in [5, 5.41) is 6.98. The molecule has 0 bridgehead atoms. The fourth-order valence-electron chi connectivity index (χ4n) is 3.43. The highest BCUT2D eigenvalue weighted by molar-refractivity contribution is 8.29. The Bertz CT molecular complexity index is 1130. The van der Waals surface area contributed by atoms with Crippen LogP contribution in [0.2, 0.25) is 5.02 Å². The van der Waals surface area contributed by atoms with Crippen molar-refractivity contribution in [2.45, 2.75) is 18.2 Å². The molecule has 2 aliphatic rings. The number of thioether (sulfide) groups is 2. The van der Waals surface area contributed by atoms with Gasteiger partial charge in [-0.15, -0.1) is 0 Å². The Balaban J connectivity index is 1.90. The maximum absolute atomic E-state index is 12.8. The molecule has 0 aliphatic carbocycles. The first-order valence-electron chi connectivity index (χ1n) is 9.75. The smallest absolute Gasteiger partial charge is 0.365 e. The minimum atomic E-state index is -1.04. The lowest BCUT2D eigenvalue weighted by atomic mass is 10.2. The number of anilines is 2. The van der Waals surface area contributed by atoms with Gasteiger partial charge in [0.15, 0.2) is 0 Å². The van der Waals surface area contributed by atoms with Crippen molar-refractivity contribution in [3.8, 4) is 0 Å².